The van der Waals surface area contributed by atoms with Crippen LogP contribution in [0, 0.1) is 11.8 Å². The molecule has 2 atom stereocenters. The summed E-state index contributed by atoms with van der Waals surface area (Å²) in [7, 11) is 0. The minimum atomic E-state index is 0.573. The molecule has 0 spiro atoms. The number of rotatable bonds is 3. The van der Waals surface area contributed by atoms with E-state index in [0.29, 0.717) is 29.3 Å². The summed E-state index contributed by atoms with van der Waals surface area (Å²) in [6.07, 6.45) is 8.32. The number of nitrogens with zero attached hydrogens (tertiary/aromatic N) is 1. The van der Waals surface area contributed by atoms with Gasteiger partial charge >= 0.3 is 0 Å². The molecule has 1 aliphatic carbocycles. The van der Waals surface area contributed by atoms with Gasteiger partial charge in [0.2, 0.25) is 5.88 Å². The van der Waals surface area contributed by atoms with Crippen molar-refractivity contribution in [3.05, 3.63) is 33.9 Å². The van der Waals surface area contributed by atoms with Gasteiger partial charge in [-0.2, -0.15) is 0 Å². The Labute approximate surface area is 115 Å². The van der Waals surface area contributed by atoms with E-state index in [0.717, 1.165) is 17.3 Å². The van der Waals surface area contributed by atoms with E-state index in [2.05, 4.69) is 40.0 Å². The molecule has 1 aliphatic rings. The predicted molar refractivity (Wildman–Crippen MR) is 73.5 cm³/mol. The zero-order valence-electron chi connectivity index (χ0n) is 9.70. The topological polar surface area (TPSA) is 22.1 Å². The Morgan fingerprint density at radius 1 is 1.47 bits per heavy atom. The van der Waals surface area contributed by atoms with E-state index in [1.54, 1.807) is 12.3 Å². The fourth-order valence-corrected chi connectivity index (χ4v) is 2.69. The minimum absolute atomic E-state index is 0.573. The number of hydrogen-bond donors (Lipinski definition) is 0. The van der Waals surface area contributed by atoms with Crippen LogP contribution >= 0.6 is 27.5 Å². The first-order valence-electron chi connectivity index (χ1n) is 5.75. The average Bonchev–Trinajstić information content (AvgIpc) is 2.30. The monoisotopic (exact) mass is 315 g/mol. The van der Waals surface area contributed by atoms with E-state index in [1.165, 1.54) is 0 Å². The first kappa shape index (κ1) is 12.9. The van der Waals surface area contributed by atoms with E-state index in [9.17, 15) is 0 Å². The van der Waals surface area contributed by atoms with Gasteiger partial charge in [-0.1, -0.05) is 30.7 Å². The molecular weight excluding hydrogens is 302 g/mol. The molecule has 0 saturated heterocycles. The highest BCUT2D eigenvalue weighted by atomic mass is 79.9. The van der Waals surface area contributed by atoms with Gasteiger partial charge in [-0.3, -0.25) is 0 Å². The van der Waals surface area contributed by atoms with Crippen LogP contribution in [0.1, 0.15) is 19.8 Å². The normalized spacial score (nSPS) is 23.7. The summed E-state index contributed by atoms with van der Waals surface area (Å²) >= 11 is 9.23. The first-order chi connectivity index (χ1) is 8.16. The molecule has 2 unspecified atom stereocenters. The van der Waals surface area contributed by atoms with Crippen LogP contribution in [-0.4, -0.2) is 11.6 Å². The minimum Gasteiger partial charge on any atom is -0.477 e. The van der Waals surface area contributed by atoms with Crippen molar-refractivity contribution >= 4 is 27.5 Å². The van der Waals surface area contributed by atoms with Crippen molar-refractivity contribution in [2.75, 3.05) is 6.61 Å². The quantitative estimate of drug-likeness (QED) is 0.767. The number of hydrogen-bond acceptors (Lipinski definition) is 2. The Bertz CT molecular complexity index is 422. The maximum Gasteiger partial charge on any atom is 0.228 e. The van der Waals surface area contributed by atoms with E-state index in [1.807, 2.05) is 0 Å². The van der Waals surface area contributed by atoms with Crippen molar-refractivity contribution in [2.24, 2.45) is 11.8 Å². The summed E-state index contributed by atoms with van der Waals surface area (Å²) in [6.45, 7) is 2.97. The lowest BCUT2D eigenvalue weighted by Gasteiger charge is -2.25. The Hall–Kier alpha value is -0.540. The summed E-state index contributed by atoms with van der Waals surface area (Å²) in [6, 6.07) is 1.80. The average molecular weight is 317 g/mol. The molecule has 1 aromatic rings. The predicted octanol–water partition coefficient (Wildman–Crippen LogP) is 4.48. The third-order valence-corrected chi connectivity index (χ3v) is 3.90. The van der Waals surface area contributed by atoms with Crippen LogP contribution in [-0.2, 0) is 0 Å². The van der Waals surface area contributed by atoms with Crippen LogP contribution in [0.25, 0.3) is 0 Å². The van der Waals surface area contributed by atoms with Gasteiger partial charge in [0.1, 0.15) is 0 Å². The molecule has 0 fully saturated rings. The van der Waals surface area contributed by atoms with Gasteiger partial charge in [0.05, 0.1) is 16.1 Å². The molecule has 0 bridgehead atoms. The summed E-state index contributed by atoms with van der Waals surface area (Å²) in [5, 5.41) is 0.609. The lowest BCUT2D eigenvalue weighted by Crippen LogP contribution is -2.21. The number of allylic oxidation sites excluding steroid dienone is 2. The van der Waals surface area contributed by atoms with Crippen molar-refractivity contribution in [3.63, 3.8) is 0 Å². The van der Waals surface area contributed by atoms with Crippen molar-refractivity contribution in [1.29, 1.82) is 0 Å². The van der Waals surface area contributed by atoms with Crippen LogP contribution in [0.3, 0.4) is 0 Å². The zero-order chi connectivity index (χ0) is 12.3. The number of halogens is 2. The van der Waals surface area contributed by atoms with Gasteiger partial charge in [0.15, 0.2) is 0 Å². The van der Waals surface area contributed by atoms with Gasteiger partial charge in [0, 0.05) is 6.20 Å². The highest BCUT2D eigenvalue weighted by molar-refractivity contribution is 9.10. The molecular formula is C13H15BrClNO. The van der Waals surface area contributed by atoms with Crippen molar-refractivity contribution in [2.45, 2.75) is 19.8 Å². The maximum atomic E-state index is 5.83. The third kappa shape index (κ3) is 3.46. The van der Waals surface area contributed by atoms with E-state index >= 15 is 0 Å². The highest BCUT2D eigenvalue weighted by Crippen LogP contribution is 2.29. The molecule has 0 aliphatic heterocycles. The van der Waals surface area contributed by atoms with Gasteiger partial charge in [-0.05, 0) is 46.7 Å². The molecule has 2 rings (SSSR count). The van der Waals surface area contributed by atoms with Crippen LogP contribution in [0.15, 0.2) is 28.9 Å². The van der Waals surface area contributed by atoms with Crippen molar-refractivity contribution < 1.29 is 4.74 Å². The number of ether oxygens (including phenoxy) is 1. The second kappa shape index (κ2) is 5.87. The Morgan fingerprint density at radius 2 is 2.24 bits per heavy atom. The van der Waals surface area contributed by atoms with Crippen molar-refractivity contribution in [1.82, 2.24) is 4.98 Å². The molecule has 0 aromatic carbocycles. The maximum absolute atomic E-state index is 5.83. The molecule has 4 heteroatoms. The molecule has 1 heterocycles. The Morgan fingerprint density at radius 3 is 2.94 bits per heavy atom. The third-order valence-electron chi connectivity index (χ3n) is 3.13. The van der Waals surface area contributed by atoms with E-state index in [4.69, 9.17) is 16.3 Å². The molecule has 0 radical (unpaired) electrons. The first-order valence-corrected chi connectivity index (χ1v) is 6.92. The van der Waals surface area contributed by atoms with E-state index in [-0.39, 0.29) is 0 Å². The van der Waals surface area contributed by atoms with Gasteiger partial charge < -0.3 is 4.74 Å². The standard InChI is InChI=1S/C13H15BrClNO/c1-9-4-2-3-5-10(9)8-17-13-12(14)6-11(15)7-16-13/h2-3,6-7,9-10H,4-5,8H2,1H3. The summed E-state index contributed by atoms with van der Waals surface area (Å²) in [4.78, 5) is 4.17. The smallest absolute Gasteiger partial charge is 0.228 e. The van der Waals surface area contributed by atoms with Crippen molar-refractivity contribution in [3.8, 4) is 5.88 Å². The second-order valence-corrected chi connectivity index (χ2v) is 5.72. The van der Waals surface area contributed by atoms with Gasteiger partial charge in [0.25, 0.3) is 0 Å². The molecule has 0 saturated carbocycles. The highest BCUT2D eigenvalue weighted by Gasteiger charge is 2.19. The molecule has 0 amide bonds. The number of pyridine rings is 1. The Kier molecular flexibility index (Phi) is 4.46. The molecule has 0 N–H and O–H groups in total. The molecule has 2 nitrogen and oxygen atoms in total. The Balaban J connectivity index is 1.95. The largest absolute Gasteiger partial charge is 0.477 e. The lowest BCUT2D eigenvalue weighted by atomic mass is 9.85. The fourth-order valence-electron chi connectivity index (χ4n) is 1.93. The van der Waals surface area contributed by atoms with Gasteiger partial charge in [-0.15, -0.1) is 0 Å². The fraction of sp³-hybridized carbons (Fsp3) is 0.462. The SMILES string of the molecule is CC1CC=CCC1COc1ncc(Cl)cc1Br. The second-order valence-electron chi connectivity index (χ2n) is 4.43. The zero-order valence-corrected chi connectivity index (χ0v) is 12.0. The molecule has 17 heavy (non-hydrogen) atoms. The molecule has 1 aromatic heterocycles. The van der Waals surface area contributed by atoms with Crippen LogP contribution < -0.4 is 4.74 Å². The number of aromatic nitrogens is 1. The van der Waals surface area contributed by atoms with Gasteiger partial charge in [-0.25, -0.2) is 4.98 Å². The lowest BCUT2D eigenvalue weighted by molar-refractivity contribution is 0.192. The van der Waals surface area contributed by atoms with Crippen LogP contribution in [0.4, 0.5) is 0 Å². The summed E-state index contributed by atoms with van der Waals surface area (Å²) < 4.78 is 6.56. The summed E-state index contributed by atoms with van der Waals surface area (Å²) in [5.74, 6) is 1.87. The van der Waals surface area contributed by atoms with E-state index < -0.39 is 0 Å². The molecule has 92 valence electrons. The van der Waals surface area contributed by atoms with Crippen LogP contribution in [0.5, 0.6) is 5.88 Å². The van der Waals surface area contributed by atoms with Crippen LogP contribution in [0.2, 0.25) is 5.02 Å². The summed E-state index contributed by atoms with van der Waals surface area (Å²) in [5.41, 5.74) is 0.